The van der Waals surface area contributed by atoms with Gasteiger partial charge in [0.05, 0.1) is 20.4 Å². The van der Waals surface area contributed by atoms with Crippen LogP contribution in [0.1, 0.15) is 24.8 Å². The van der Waals surface area contributed by atoms with Crippen molar-refractivity contribution in [3.8, 4) is 11.6 Å². The predicted molar refractivity (Wildman–Crippen MR) is 59.4 cm³/mol. The number of ether oxygens (including phenoxy) is 2. The monoisotopic (exact) mass is 210 g/mol. The number of hydrogen-bond acceptors (Lipinski definition) is 4. The highest BCUT2D eigenvalue weighted by molar-refractivity contribution is 5.37. The van der Waals surface area contributed by atoms with Gasteiger partial charge in [-0.15, -0.1) is 0 Å². The molecule has 0 saturated carbocycles. The molecule has 0 radical (unpaired) electrons. The van der Waals surface area contributed by atoms with E-state index in [-0.39, 0.29) is 0 Å². The fraction of sp³-hybridized carbons (Fsp3) is 0.545. The van der Waals surface area contributed by atoms with Crippen LogP contribution < -0.4 is 15.2 Å². The van der Waals surface area contributed by atoms with Crippen molar-refractivity contribution in [2.75, 3.05) is 20.8 Å². The Morgan fingerprint density at radius 2 is 2.13 bits per heavy atom. The first-order valence-electron chi connectivity index (χ1n) is 5.01. The number of nitrogens with two attached hydrogens (primary N) is 1. The molecule has 0 spiro atoms. The summed E-state index contributed by atoms with van der Waals surface area (Å²) in [7, 11) is 3.24. The van der Waals surface area contributed by atoms with E-state index in [0.717, 1.165) is 17.7 Å². The van der Waals surface area contributed by atoms with Crippen molar-refractivity contribution in [2.45, 2.75) is 19.3 Å². The number of aromatic nitrogens is 1. The Bertz CT molecular complexity index is 315. The van der Waals surface area contributed by atoms with Gasteiger partial charge in [-0.25, -0.2) is 4.98 Å². The molecule has 2 N–H and O–H groups in total. The van der Waals surface area contributed by atoms with Crippen LogP contribution in [0.25, 0.3) is 0 Å². The van der Waals surface area contributed by atoms with Crippen molar-refractivity contribution in [1.29, 1.82) is 0 Å². The molecule has 15 heavy (non-hydrogen) atoms. The lowest BCUT2D eigenvalue weighted by molar-refractivity contribution is 0.381. The van der Waals surface area contributed by atoms with Gasteiger partial charge in [-0.3, -0.25) is 0 Å². The fourth-order valence-electron chi connectivity index (χ4n) is 1.51. The average molecular weight is 210 g/mol. The molecule has 84 valence electrons. The summed E-state index contributed by atoms with van der Waals surface area (Å²) in [5.41, 5.74) is 6.63. The average Bonchev–Trinajstić information content (AvgIpc) is 2.28. The highest BCUT2D eigenvalue weighted by Crippen LogP contribution is 2.30. The third-order valence-electron chi connectivity index (χ3n) is 2.43. The Labute approximate surface area is 90.4 Å². The highest BCUT2D eigenvalue weighted by Gasteiger charge is 2.12. The lowest BCUT2D eigenvalue weighted by Gasteiger charge is -2.15. The summed E-state index contributed by atoms with van der Waals surface area (Å²) < 4.78 is 10.3. The van der Waals surface area contributed by atoms with E-state index in [4.69, 9.17) is 15.2 Å². The van der Waals surface area contributed by atoms with Crippen LogP contribution in [0.4, 0.5) is 0 Å². The number of methoxy groups -OCH3 is 2. The Balaban J connectivity index is 3.00. The molecule has 1 aromatic heterocycles. The van der Waals surface area contributed by atoms with Crippen LogP contribution in [-0.2, 0) is 0 Å². The third kappa shape index (κ3) is 2.83. The lowest BCUT2D eigenvalue weighted by Crippen LogP contribution is -2.06. The third-order valence-corrected chi connectivity index (χ3v) is 2.43. The fourth-order valence-corrected chi connectivity index (χ4v) is 1.51. The number of rotatable bonds is 5. The van der Waals surface area contributed by atoms with Crippen LogP contribution in [-0.4, -0.2) is 25.7 Å². The van der Waals surface area contributed by atoms with Crippen LogP contribution in [0.5, 0.6) is 11.6 Å². The summed E-state index contributed by atoms with van der Waals surface area (Å²) in [6.07, 6.45) is 2.60. The van der Waals surface area contributed by atoms with Gasteiger partial charge in [-0.2, -0.15) is 0 Å². The molecule has 1 unspecified atom stereocenters. The molecule has 0 bridgehead atoms. The highest BCUT2D eigenvalue weighted by atomic mass is 16.5. The number of pyridine rings is 1. The second-order valence-corrected chi connectivity index (χ2v) is 3.45. The summed E-state index contributed by atoms with van der Waals surface area (Å²) >= 11 is 0. The SMILES string of the molecule is COc1cc(C(C)CCN)c(OC)cn1. The molecular weight excluding hydrogens is 192 g/mol. The topological polar surface area (TPSA) is 57.4 Å². The van der Waals surface area contributed by atoms with Crippen LogP contribution in [0.3, 0.4) is 0 Å². The molecule has 0 aromatic carbocycles. The number of hydrogen-bond donors (Lipinski definition) is 1. The summed E-state index contributed by atoms with van der Waals surface area (Å²) in [6, 6.07) is 1.90. The molecule has 0 aliphatic rings. The molecule has 0 aliphatic heterocycles. The van der Waals surface area contributed by atoms with E-state index in [9.17, 15) is 0 Å². The molecule has 0 fully saturated rings. The summed E-state index contributed by atoms with van der Waals surface area (Å²) in [5, 5.41) is 0. The minimum absolute atomic E-state index is 0.349. The van der Waals surface area contributed by atoms with Crippen molar-refractivity contribution in [3.63, 3.8) is 0 Å². The van der Waals surface area contributed by atoms with Gasteiger partial charge in [0.25, 0.3) is 0 Å². The zero-order chi connectivity index (χ0) is 11.3. The molecule has 1 rings (SSSR count). The number of nitrogens with zero attached hydrogens (tertiary/aromatic N) is 1. The van der Waals surface area contributed by atoms with Gasteiger partial charge in [0.1, 0.15) is 5.75 Å². The maximum Gasteiger partial charge on any atom is 0.213 e. The van der Waals surface area contributed by atoms with Gasteiger partial charge in [-0.05, 0) is 18.9 Å². The summed E-state index contributed by atoms with van der Waals surface area (Å²) in [4.78, 5) is 4.09. The second-order valence-electron chi connectivity index (χ2n) is 3.45. The van der Waals surface area contributed by atoms with Gasteiger partial charge >= 0.3 is 0 Å². The van der Waals surface area contributed by atoms with Crippen molar-refractivity contribution < 1.29 is 9.47 Å². The van der Waals surface area contributed by atoms with Crippen LogP contribution in [0, 0.1) is 0 Å². The first-order valence-corrected chi connectivity index (χ1v) is 5.01. The van der Waals surface area contributed by atoms with E-state index in [0.29, 0.717) is 18.3 Å². The van der Waals surface area contributed by atoms with E-state index in [1.165, 1.54) is 0 Å². The van der Waals surface area contributed by atoms with E-state index >= 15 is 0 Å². The molecule has 1 aromatic rings. The van der Waals surface area contributed by atoms with Crippen LogP contribution in [0.2, 0.25) is 0 Å². The van der Waals surface area contributed by atoms with Crippen LogP contribution in [0.15, 0.2) is 12.3 Å². The maximum atomic E-state index is 5.54. The molecule has 0 amide bonds. The molecule has 4 heteroatoms. The summed E-state index contributed by atoms with van der Waals surface area (Å²) in [6.45, 7) is 2.78. The first kappa shape index (κ1) is 11.8. The first-order chi connectivity index (χ1) is 7.22. The van der Waals surface area contributed by atoms with E-state index in [1.807, 2.05) is 6.07 Å². The van der Waals surface area contributed by atoms with Gasteiger partial charge in [-0.1, -0.05) is 6.92 Å². The molecule has 1 atom stereocenters. The van der Waals surface area contributed by atoms with E-state index < -0.39 is 0 Å². The van der Waals surface area contributed by atoms with E-state index in [2.05, 4.69) is 11.9 Å². The molecule has 0 aliphatic carbocycles. The molecule has 4 nitrogen and oxygen atoms in total. The smallest absolute Gasteiger partial charge is 0.213 e. The van der Waals surface area contributed by atoms with Gasteiger partial charge in [0, 0.05) is 11.6 Å². The Morgan fingerprint density at radius 1 is 1.40 bits per heavy atom. The maximum absolute atomic E-state index is 5.54. The quantitative estimate of drug-likeness (QED) is 0.801. The Morgan fingerprint density at radius 3 is 2.67 bits per heavy atom. The van der Waals surface area contributed by atoms with E-state index in [1.54, 1.807) is 20.4 Å². The largest absolute Gasteiger partial charge is 0.495 e. The van der Waals surface area contributed by atoms with Crippen LogP contribution >= 0.6 is 0 Å². The van der Waals surface area contributed by atoms with Gasteiger partial charge < -0.3 is 15.2 Å². The molecule has 0 saturated heterocycles. The standard InChI is InChI=1S/C11H18N2O2/c1-8(4-5-12)9-6-11(15-3)13-7-10(9)14-2/h6-8H,4-5,12H2,1-3H3. The lowest BCUT2D eigenvalue weighted by atomic mass is 9.98. The Kier molecular flexibility index (Phi) is 4.37. The van der Waals surface area contributed by atoms with Gasteiger partial charge in [0.15, 0.2) is 0 Å². The molecule has 1 heterocycles. The Hall–Kier alpha value is -1.29. The minimum Gasteiger partial charge on any atom is -0.495 e. The predicted octanol–water partition coefficient (Wildman–Crippen LogP) is 1.55. The molecular formula is C11H18N2O2. The normalized spacial score (nSPS) is 12.3. The van der Waals surface area contributed by atoms with Crippen molar-refractivity contribution in [3.05, 3.63) is 17.8 Å². The second kappa shape index (κ2) is 5.56. The van der Waals surface area contributed by atoms with Crippen molar-refractivity contribution >= 4 is 0 Å². The van der Waals surface area contributed by atoms with Gasteiger partial charge in [0.2, 0.25) is 5.88 Å². The van der Waals surface area contributed by atoms with Crippen molar-refractivity contribution in [2.24, 2.45) is 5.73 Å². The van der Waals surface area contributed by atoms with Crippen molar-refractivity contribution in [1.82, 2.24) is 4.98 Å². The summed E-state index contributed by atoms with van der Waals surface area (Å²) in [5.74, 6) is 1.74. The minimum atomic E-state index is 0.349. The zero-order valence-corrected chi connectivity index (χ0v) is 9.49. The zero-order valence-electron chi connectivity index (χ0n) is 9.49.